The highest BCUT2D eigenvalue weighted by Gasteiger charge is 1.91. The fourth-order valence-corrected chi connectivity index (χ4v) is 1.70. The van der Waals surface area contributed by atoms with Crippen molar-refractivity contribution in [3.8, 4) is 0 Å². The molecule has 0 aliphatic rings. The topological polar surface area (TPSA) is 0 Å². The van der Waals surface area contributed by atoms with Crippen LogP contribution in [-0.2, 0) is 6.42 Å². The van der Waals surface area contributed by atoms with E-state index in [1.54, 1.807) is 0 Å². The molecule has 0 heteroatoms. The van der Waals surface area contributed by atoms with Crippen molar-refractivity contribution in [3.63, 3.8) is 0 Å². The van der Waals surface area contributed by atoms with Gasteiger partial charge < -0.3 is 0 Å². The van der Waals surface area contributed by atoms with Crippen LogP contribution in [0.15, 0.2) is 66.7 Å². The molecule has 0 aliphatic heterocycles. The zero-order valence-corrected chi connectivity index (χ0v) is 11.6. The molecule has 0 saturated carbocycles. The SMILES string of the molecule is C=C(C)Cc1cccc(C)c1.Cc1ccccc1. The molecule has 2 aromatic carbocycles. The van der Waals surface area contributed by atoms with Crippen molar-refractivity contribution in [3.05, 3.63) is 83.4 Å². The van der Waals surface area contributed by atoms with E-state index in [2.05, 4.69) is 63.7 Å². The Kier molecular flexibility index (Phi) is 5.93. The van der Waals surface area contributed by atoms with Gasteiger partial charge >= 0.3 is 0 Å². The smallest absolute Gasteiger partial charge is 0.00725 e. The second kappa shape index (κ2) is 7.50. The van der Waals surface area contributed by atoms with Crippen molar-refractivity contribution in [1.82, 2.24) is 0 Å². The largest absolute Gasteiger partial charge is 0.0998 e. The molecule has 0 aliphatic carbocycles. The van der Waals surface area contributed by atoms with Gasteiger partial charge in [-0.2, -0.15) is 0 Å². The normalized spacial score (nSPS) is 9.28. The number of rotatable bonds is 2. The van der Waals surface area contributed by atoms with Gasteiger partial charge in [0.1, 0.15) is 0 Å². The van der Waals surface area contributed by atoms with E-state index in [9.17, 15) is 0 Å². The maximum Gasteiger partial charge on any atom is -0.00725 e. The number of benzene rings is 2. The number of aryl methyl sites for hydroxylation is 2. The molecule has 0 saturated heterocycles. The summed E-state index contributed by atoms with van der Waals surface area (Å²) in [6.07, 6.45) is 1.00. The second-order valence-corrected chi connectivity index (χ2v) is 4.78. The fourth-order valence-electron chi connectivity index (χ4n) is 1.70. The lowest BCUT2D eigenvalue weighted by atomic mass is 10.1. The Hall–Kier alpha value is -1.82. The Morgan fingerprint density at radius 3 is 1.94 bits per heavy atom. The molecule has 18 heavy (non-hydrogen) atoms. The van der Waals surface area contributed by atoms with E-state index >= 15 is 0 Å². The van der Waals surface area contributed by atoms with Gasteiger partial charge in [-0.1, -0.05) is 77.9 Å². The molecule has 0 nitrogen and oxygen atoms in total. The predicted molar refractivity (Wildman–Crippen MR) is 80.9 cm³/mol. The zero-order valence-electron chi connectivity index (χ0n) is 11.6. The van der Waals surface area contributed by atoms with Gasteiger partial charge in [-0.05, 0) is 32.8 Å². The highest BCUT2D eigenvalue weighted by atomic mass is 14.0. The highest BCUT2D eigenvalue weighted by Crippen LogP contribution is 2.07. The molecular weight excluding hydrogens is 216 g/mol. The average molecular weight is 238 g/mol. The summed E-state index contributed by atoms with van der Waals surface area (Å²) in [7, 11) is 0. The number of hydrogen-bond donors (Lipinski definition) is 0. The first-order valence-electron chi connectivity index (χ1n) is 6.29. The monoisotopic (exact) mass is 238 g/mol. The van der Waals surface area contributed by atoms with E-state index in [0.29, 0.717) is 0 Å². The molecule has 0 amide bonds. The molecule has 0 spiro atoms. The summed E-state index contributed by atoms with van der Waals surface area (Å²) < 4.78 is 0. The molecule has 0 N–H and O–H groups in total. The van der Waals surface area contributed by atoms with E-state index in [0.717, 1.165) is 6.42 Å². The van der Waals surface area contributed by atoms with Crippen molar-refractivity contribution in [2.24, 2.45) is 0 Å². The van der Waals surface area contributed by atoms with Crippen LogP contribution >= 0.6 is 0 Å². The van der Waals surface area contributed by atoms with Gasteiger partial charge in [-0.25, -0.2) is 0 Å². The molecule has 0 aromatic heterocycles. The van der Waals surface area contributed by atoms with Crippen LogP contribution in [0.25, 0.3) is 0 Å². The Morgan fingerprint density at radius 2 is 1.50 bits per heavy atom. The molecule has 2 rings (SSSR count). The van der Waals surface area contributed by atoms with Crippen LogP contribution in [0.4, 0.5) is 0 Å². The van der Waals surface area contributed by atoms with E-state index in [4.69, 9.17) is 0 Å². The third-order valence-corrected chi connectivity index (χ3v) is 2.53. The van der Waals surface area contributed by atoms with Gasteiger partial charge in [0.05, 0.1) is 0 Å². The van der Waals surface area contributed by atoms with Gasteiger partial charge in [0, 0.05) is 0 Å². The lowest BCUT2D eigenvalue weighted by Crippen LogP contribution is -1.85. The molecule has 0 unspecified atom stereocenters. The minimum absolute atomic E-state index is 1.00. The van der Waals surface area contributed by atoms with Crippen molar-refractivity contribution in [2.45, 2.75) is 27.2 Å². The van der Waals surface area contributed by atoms with Crippen LogP contribution in [0, 0.1) is 13.8 Å². The maximum atomic E-state index is 3.88. The molecule has 94 valence electrons. The van der Waals surface area contributed by atoms with Crippen LogP contribution in [0.2, 0.25) is 0 Å². The first kappa shape index (κ1) is 14.2. The first-order chi connectivity index (χ1) is 8.58. The van der Waals surface area contributed by atoms with Crippen molar-refractivity contribution >= 4 is 0 Å². The van der Waals surface area contributed by atoms with E-state index < -0.39 is 0 Å². The second-order valence-electron chi connectivity index (χ2n) is 4.78. The van der Waals surface area contributed by atoms with Crippen LogP contribution < -0.4 is 0 Å². The summed E-state index contributed by atoms with van der Waals surface area (Å²) in [5.41, 5.74) is 5.22. The minimum atomic E-state index is 1.00. The number of hydrogen-bond acceptors (Lipinski definition) is 0. The van der Waals surface area contributed by atoms with Crippen LogP contribution in [-0.4, -0.2) is 0 Å². The summed E-state index contributed by atoms with van der Waals surface area (Å²) in [5.74, 6) is 0. The minimum Gasteiger partial charge on any atom is -0.0998 e. The summed E-state index contributed by atoms with van der Waals surface area (Å²) in [4.78, 5) is 0. The highest BCUT2D eigenvalue weighted by molar-refractivity contribution is 5.25. The molecule has 0 radical (unpaired) electrons. The summed E-state index contributed by atoms with van der Waals surface area (Å²) >= 11 is 0. The van der Waals surface area contributed by atoms with E-state index in [-0.39, 0.29) is 0 Å². The lowest BCUT2D eigenvalue weighted by Gasteiger charge is -2.00. The van der Waals surface area contributed by atoms with Gasteiger partial charge in [0.25, 0.3) is 0 Å². The Morgan fingerprint density at radius 1 is 0.889 bits per heavy atom. The quantitative estimate of drug-likeness (QED) is 0.638. The molecule has 0 atom stereocenters. The lowest BCUT2D eigenvalue weighted by molar-refractivity contribution is 1.15. The Balaban J connectivity index is 0.000000199. The van der Waals surface area contributed by atoms with Crippen molar-refractivity contribution in [2.75, 3.05) is 0 Å². The van der Waals surface area contributed by atoms with E-state index in [1.165, 1.54) is 22.3 Å². The summed E-state index contributed by atoms with van der Waals surface area (Å²) in [5, 5.41) is 0. The van der Waals surface area contributed by atoms with Gasteiger partial charge in [0.15, 0.2) is 0 Å². The van der Waals surface area contributed by atoms with Crippen molar-refractivity contribution < 1.29 is 0 Å². The Bertz CT molecular complexity index is 480. The molecule has 0 bridgehead atoms. The molecule has 0 heterocycles. The Labute approximate surface area is 111 Å². The average Bonchev–Trinajstić information content (AvgIpc) is 2.30. The first-order valence-corrected chi connectivity index (χ1v) is 6.29. The van der Waals surface area contributed by atoms with Crippen LogP contribution in [0.5, 0.6) is 0 Å². The maximum absolute atomic E-state index is 3.88. The van der Waals surface area contributed by atoms with Crippen LogP contribution in [0.1, 0.15) is 23.6 Å². The molecular formula is C18H22. The van der Waals surface area contributed by atoms with Crippen LogP contribution in [0.3, 0.4) is 0 Å². The van der Waals surface area contributed by atoms with Gasteiger partial charge in [-0.15, -0.1) is 0 Å². The van der Waals surface area contributed by atoms with Gasteiger partial charge in [-0.3, -0.25) is 0 Å². The number of allylic oxidation sites excluding steroid dienone is 1. The fraction of sp³-hybridized carbons (Fsp3) is 0.222. The third kappa shape index (κ3) is 6.05. The predicted octanol–water partition coefficient (Wildman–Crippen LogP) is 5.11. The summed E-state index contributed by atoms with van der Waals surface area (Å²) in [6, 6.07) is 18.8. The van der Waals surface area contributed by atoms with Gasteiger partial charge in [0.2, 0.25) is 0 Å². The zero-order chi connectivity index (χ0) is 13.4. The van der Waals surface area contributed by atoms with Crippen molar-refractivity contribution in [1.29, 1.82) is 0 Å². The molecule has 0 fully saturated rings. The third-order valence-electron chi connectivity index (χ3n) is 2.53. The standard InChI is InChI=1S/C11H14.C7H8/c1-9(2)7-11-6-4-5-10(3)8-11;1-7-5-3-2-4-6-7/h4-6,8H,1,7H2,2-3H3;2-6H,1H3. The summed E-state index contributed by atoms with van der Waals surface area (Å²) in [6.45, 7) is 10.1. The van der Waals surface area contributed by atoms with E-state index in [1.807, 2.05) is 18.2 Å². The molecule has 2 aromatic rings.